The van der Waals surface area contributed by atoms with Crippen LogP contribution in [0.3, 0.4) is 0 Å². The third-order valence-corrected chi connectivity index (χ3v) is 6.28. The van der Waals surface area contributed by atoms with Gasteiger partial charge in [-0.3, -0.25) is 9.48 Å². The fraction of sp³-hybridized carbons (Fsp3) is 0.280. The third kappa shape index (κ3) is 3.83. The fourth-order valence-corrected chi connectivity index (χ4v) is 4.82. The third-order valence-electron chi connectivity index (χ3n) is 5.46. The van der Waals surface area contributed by atoms with Gasteiger partial charge in [-0.25, -0.2) is 9.67 Å². The summed E-state index contributed by atoms with van der Waals surface area (Å²) >= 11 is 1.56. The Bertz CT molecular complexity index is 1340. The van der Waals surface area contributed by atoms with Gasteiger partial charge in [-0.15, -0.1) is 11.3 Å². The van der Waals surface area contributed by atoms with Crippen LogP contribution in [0, 0.1) is 13.8 Å². The molecule has 0 amide bonds. The van der Waals surface area contributed by atoms with E-state index < -0.39 is 0 Å². The van der Waals surface area contributed by atoms with Crippen molar-refractivity contribution in [2.75, 3.05) is 0 Å². The van der Waals surface area contributed by atoms with Gasteiger partial charge in [-0.2, -0.15) is 0 Å². The number of para-hydroxylation sites is 1. The predicted octanol–water partition coefficient (Wildman–Crippen LogP) is 5.31. The molecule has 4 aromatic rings. The van der Waals surface area contributed by atoms with Gasteiger partial charge in [0.25, 0.3) is 5.56 Å². The number of hydrogen-bond donors (Lipinski definition) is 0. The van der Waals surface area contributed by atoms with Crippen LogP contribution in [0.5, 0.6) is 0 Å². The first-order valence-corrected chi connectivity index (χ1v) is 11.2. The van der Waals surface area contributed by atoms with Crippen LogP contribution in [0.25, 0.3) is 16.9 Å². The number of rotatable bonds is 3. The Morgan fingerprint density at radius 2 is 1.58 bits per heavy atom. The van der Waals surface area contributed by atoms with Crippen LogP contribution in [0.1, 0.15) is 32.0 Å². The molecule has 0 aliphatic heterocycles. The van der Waals surface area contributed by atoms with Crippen molar-refractivity contribution in [2.45, 2.75) is 40.2 Å². The van der Waals surface area contributed by atoms with Crippen molar-refractivity contribution < 1.29 is 0 Å². The lowest BCUT2D eigenvalue weighted by atomic mass is 10.1. The predicted molar refractivity (Wildman–Crippen MR) is 128 cm³/mol. The Morgan fingerprint density at radius 3 is 2.19 bits per heavy atom. The number of nitrogens with zero attached hydrogens (tertiary/aromatic N) is 4. The van der Waals surface area contributed by atoms with Crippen molar-refractivity contribution in [3.63, 3.8) is 0 Å². The van der Waals surface area contributed by atoms with Crippen molar-refractivity contribution in [1.82, 2.24) is 13.9 Å². The van der Waals surface area contributed by atoms with E-state index in [0.717, 1.165) is 27.4 Å². The lowest BCUT2D eigenvalue weighted by Gasteiger charge is -2.24. The minimum absolute atomic E-state index is 0.114. The van der Waals surface area contributed by atoms with E-state index in [0.29, 0.717) is 5.69 Å². The quantitative estimate of drug-likeness (QED) is 0.433. The van der Waals surface area contributed by atoms with E-state index in [2.05, 4.69) is 61.9 Å². The Balaban J connectivity index is 1.95. The summed E-state index contributed by atoms with van der Waals surface area (Å²) in [7, 11) is 1.90. The minimum Gasteiger partial charge on any atom is -0.311 e. The first-order chi connectivity index (χ1) is 14.7. The molecule has 0 saturated carbocycles. The van der Waals surface area contributed by atoms with Gasteiger partial charge in [0.05, 0.1) is 17.1 Å². The second-order valence-electron chi connectivity index (χ2n) is 8.80. The number of hydrogen-bond acceptors (Lipinski definition) is 3. The van der Waals surface area contributed by atoms with Crippen LogP contribution in [-0.4, -0.2) is 13.9 Å². The molecule has 0 unspecified atom stereocenters. The van der Waals surface area contributed by atoms with Crippen molar-refractivity contribution in [2.24, 2.45) is 12.0 Å². The van der Waals surface area contributed by atoms with Crippen molar-refractivity contribution in [3.05, 3.63) is 86.4 Å². The first-order valence-electron chi connectivity index (χ1n) is 10.4. The molecule has 0 aliphatic carbocycles. The van der Waals surface area contributed by atoms with Crippen LogP contribution in [0.15, 0.2) is 69.8 Å². The summed E-state index contributed by atoms with van der Waals surface area (Å²) in [4.78, 5) is 19.1. The van der Waals surface area contributed by atoms with E-state index in [1.54, 1.807) is 16.0 Å². The zero-order chi connectivity index (χ0) is 22.3. The molecular weight excluding hydrogens is 404 g/mol. The van der Waals surface area contributed by atoms with E-state index in [1.807, 2.05) is 49.0 Å². The summed E-state index contributed by atoms with van der Waals surface area (Å²) in [6.07, 6.45) is 0. The normalized spacial score (nSPS) is 12.5. The van der Waals surface area contributed by atoms with E-state index in [1.165, 1.54) is 5.56 Å². The van der Waals surface area contributed by atoms with E-state index in [-0.39, 0.29) is 11.1 Å². The molecule has 0 spiro atoms. The van der Waals surface area contributed by atoms with Gasteiger partial charge in [-0.05, 0) is 52.3 Å². The highest BCUT2D eigenvalue weighted by Gasteiger charge is 2.22. The van der Waals surface area contributed by atoms with E-state index in [4.69, 9.17) is 4.99 Å². The maximum Gasteiger partial charge on any atom is 0.297 e. The summed E-state index contributed by atoms with van der Waals surface area (Å²) in [5.74, 6) is 0. The smallest absolute Gasteiger partial charge is 0.297 e. The largest absolute Gasteiger partial charge is 0.311 e. The monoisotopic (exact) mass is 432 g/mol. The molecule has 0 atom stereocenters. The second-order valence-corrected chi connectivity index (χ2v) is 9.63. The topological polar surface area (TPSA) is 44.2 Å². The minimum atomic E-state index is -0.194. The summed E-state index contributed by atoms with van der Waals surface area (Å²) in [6, 6.07) is 18.2. The summed E-state index contributed by atoms with van der Waals surface area (Å²) in [5.41, 5.74) is 5.30. The molecule has 5 nitrogen and oxygen atoms in total. The fourth-order valence-electron chi connectivity index (χ4n) is 3.74. The molecule has 0 fully saturated rings. The molecule has 4 rings (SSSR count). The SMILES string of the molecule is Cc1ccc(-c2csc(=Nc3c(C)n(C)n(-c4ccccc4)c3=O)n2C(C)(C)C)cc1. The Labute approximate surface area is 186 Å². The molecular formula is C25H28N4OS. The highest BCUT2D eigenvalue weighted by molar-refractivity contribution is 7.07. The van der Waals surface area contributed by atoms with Crippen molar-refractivity contribution in [1.29, 1.82) is 0 Å². The Morgan fingerprint density at radius 1 is 0.935 bits per heavy atom. The lowest BCUT2D eigenvalue weighted by molar-refractivity contribution is 0.392. The number of aryl methyl sites for hydroxylation is 1. The molecule has 0 N–H and O–H groups in total. The van der Waals surface area contributed by atoms with E-state index in [9.17, 15) is 4.79 Å². The van der Waals surface area contributed by atoms with Gasteiger partial charge in [0.1, 0.15) is 0 Å². The molecule has 2 heterocycles. The molecule has 0 bridgehead atoms. The van der Waals surface area contributed by atoms with Crippen LogP contribution >= 0.6 is 11.3 Å². The zero-order valence-electron chi connectivity index (χ0n) is 18.9. The molecule has 2 aromatic heterocycles. The average molecular weight is 433 g/mol. The average Bonchev–Trinajstić information content (AvgIpc) is 3.25. The first kappa shape index (κ1) is 21.1. The van der Waals surface area contributed by atoms with Gasteiger partial charge < -0.3 is 4.57 Å². The van der Waals surface area contributed by atoms with Gasteiger partial charge in [0.2, 0.25) is 0 Å². The van der Waals surface area contributed by atoms with Crippen LogP contribution in [0.4, 0.5) is 5.69 Å². The van der Waals surface area contributed by atoms with Gasteiger partial charge in [0, 0.05) is 18.0 Å². The van der Waals surface area contributed by atoms with Gasteiger partial charge in [-0.1, -0.05) is 48.0 Å². The molecule has 0 radical (unpaired) electrons. The van der Waals surface area contributed by atoms with Crippen molar-refractivity contribution in [3.8, 4) is 16.9 Å². The molecule has 31 heavy (non-hydrogen) atoms. The second kappa shape index (κ2) is 7.85. The standard InChI is InChI=1S/C25H28N4OS/c1-17-12-14-19(15-13-17)21-16-31-24(28(21)25(3,4)5)26-22-18(2)27(6)29(23(22)30)20-10-8-7-9-11-20/h7-16H,1-6H3. The van der Waals surface area contributed by atoms with Crippen LogP contribution in [-0.2, 0) is 12.6 Å². The van der Waals surface area contributed by atoms with Crippen molar-refractivity contribution >= 4 is 17.0 Å². The summed E-state index contributed by atoms with van der Waals surface area (Å²) < 4.78 is 5.76. The van der Waals surface area contributed by atoms with Crippen LogP contribution < -0.4 is 10.4 Å². The maximum atomic E-state index is 13.3. The number of aromatic nitrogens is 3. The van der Waals surface area contributed by atoms with Gasteiger partial charge >= 0.3 is 0 Å². The summed E-state index contributed by atoms with van der Waals surface area (Å²) in [6.45, 7) is 10.5. The van der Waals surface area contributed by atoms with Crippen LogP contribution in [0.2, 0.25) is 0 Å². The maximum absolute atomic E-state index is 13.3. The number of thiazole rings is 1. The number of benzene rings is 2. The Hall–Kier alpha value is -3.12. The molecule has 0 aliphatic rings. The zero-order valence-corrected chi connectivity index (χ0v) is 19.7. The molecule has 2 aromatic carbocycles. The summed E-state index contributed by atoms with van der Waals surface area (Å²) in [5, 5.41) is 2.13. The molecule has 0 saturated heterocycles. The molecule has 160 valence electrons. The highest BCUT2D eigenvalue weighted by atomic mass is 32.1. The lowest BCUT2D eigenvalue weighted by Crippen LogP contribution is -2.32. The highest BCUT2D eigenvalue weighted by Crippen LogP contribution is 2.27. The molecule has 6 heteroatoms. The van der Waals surface area contributed by atoms with Gasteiger partial charge in [0.15, 0.2) is 10.5 Å². The Kier molecular flexibility index (Phi) is 5.35. The van der Waals surface area contributed by atoms with E-state index >= 15 is 0 Å².